The molecule has 168 valence electrons. The number of carbonyl (C=O) groups is 2. The maximum absolute atomic E-state index is 14.2. The molecule has 3 heterocycles. The number of hydrogen-bond donors (Lipinski definition) is 3. The number of benzene rings is 2. The number of fused-ring (bicyclic) bond motifs is 2. The van der Waals surface area contributed by atoms with E-state index in [1.165, 1.54) is 12.1 Å². The summed E-state index contributed by atoms with van der Waals surface area (Å²) in [6.45, 7) is 3.75. The van der Waals surface area contributed by atoms with Crippen molar-refractivity contribution in [3.05, 3.63) is 75.3 Å². The smallest absolute Gasteiger partial charge is 0.258 e. The van der Waals surface area contributed by atoms with Gasteiger partial charge in [-0.3, -0.25) is 19.4 Å². The number of para-hydroxylation sites is 1. The summed E-state index contributed by atoms with van der Waals surface area (Å²) in [6.07, 6.45) is 0.551. The third kappa shape index (κ3) is 3.65. The molecule has 2 amide bonds. The van der Waals surface area contributed by atoms with Crippen molar-refractivity contribution in [2.75, 3.05) is 15.5 Å². The Balaban J connectivity index is 1.52. The fraction of sp³-hybridized carbons (Fsp3) is 0.250. The summed E-state index contributed by atoms with van der Waals surface area (Å²) in [5, 5.41) is 5.12. The Morgan fingerprint density at radius 3 is 2.76 bits per heavy atom. The molecule has 3 N–H and O–H groups in total. The molecule has 1 aromatic heterocycles. The first kappa shape index (κ1) is 20.9. The number of hydrogen-bond acceptors (Lipinski definition) is 5. The molecule has 2 aromatic carbocycles. The Morgan fingerprint density at radius 2 is 1.97 bits per heavy atom. The molecule has 0 fully saturated rings. The van der Waals surface area contributed by atoms with Gasteiger partial charge in [-0.2, -0.15) is 4.98 Å². The molecular formula is C24H22FN5O3. The Labute approximate surface area is 188 Å². The molecule has 9 heteroatoms. The number of anilines is 4. The Kier molecular flexibility index (Phi) is 4.96. The highest BCUT2D eigenvalue weighted by Crippen LogP contribution is 2.38. The second-order valence-corrected chi connectivity index (χ2v) is 8.48. The average molecular weight is 447 g/mol. The number of nitrogens with zero attached hydrogens (tertiary/aromatic N) is 2. The molecule has 0 saturated heterocycles. The summed E-state index contributed by atoms with van der Waals surface area (Å²) in [5.41, 5.74) is 2.30. The van der Waals surface area contributed by atoms with Gasteiger partial charge in [0.2, 0.25) is 17.8 Å². The van der Waals surface area contributed by atoms with Crippen LogP contribution in [-0.2, 0) is 16.0 Å². The van der Waals surface area contributed by atoms with E-state index in [-0.39, 0.29) is 29.5 Å². The zero-order chi connectivity index (χ0) is 23.3. The Hall–Kier alpha value is -4.01. The lowest BCUT2D eigenvalue weighted by atomic mass is 9.92. The van der Waals surface area contributed by atoms with E-state index < -0.39 is 29.1 Å². The van der Waals surface area contributed by atoms with Gasteiger partial charge in [0, 0.05) is 18.2 Å². The molecule has 8 nitrogen and oxygen atoms in total. The Morgan fingerprint density at radius 1 is 1.18 bits per heavy atom. The molecule has 2 atom stereocenters. The van der Waals surface area contributed by atoms with E-state index in [1.54, 1.807) is 13.0 Å². The standard InChI is InChI=1S/C24H22FN5O3/c1-12-7-8-17(16(25)9-12)26-22(32)15-11-19(31)27-21-20(15)23(33)29-24(28-21)30-13(2)10-14-5-3-4-6-18(14)30/h3-9,13,15H,10-11H2,1-2H3,(H,26,32)(H2,27,28,29,31,33)/t13-,15+/m0/s1. The third-order valence-electron chi connectivity index (χ3n) is 6.07. The van der Waals surface area contributed by atoms with E-state index >= 15 is 0 Å². The number of halogens is 1. The van der Waals surface area contributed by atoms with Crippen LogP contribution in [0.2, 0.25) is 0 Å². The second-order valence-electron chi connectivity index (χ2n) is 8.48. The molecule has 0 saturated carbocycles. The minimum Gasteiger partial charge on any atom is -0.323 e. The van der Waals surface area contributed by atoms with Gasteiger partial charge in [0.15, 0.2) is 0 Å². The van der Waals surface area contributed by atoms with Gasteiger partial charge < -0.3 is 15.5 Å². The molecule has 0 spiro atoms. The van der Waals surface area contributed by atoms with E-state index in [4.69, 9.17) is 0 Å². The third-order valence-corrected chi connectivity index (χ3v) is 6.07. The van der Waals surface area contributed by atoms with Crippen molar-refractivity contribution in [2.45, 2.75) is 38.6 Å². The van der Waals surface area contributed by atoms with Gasteiger partial charge in [-0.25, -0.2) is 4.39 Å². The molecule has 0 bridgehead atoms. The highest BCUT2D eigenvalue weighted by Gasteiger charge is 2.36. The SMILES string of the molecule is Cc1ccc(NC(=O)[C@@H]2CC(=O)Nc3nc(N4c5ccccc5C[C@@H]4C)[nH]c(=O)c32)c(F)c1. The van der Waals surface area contributed by atoms with E-state index in [0.29, 0.717) is 11.5 Å². The van der Waals surface area contributed by atoms with Gasteiger partial charge in [0.1, 0.15) is 11.6 Å². The van der Waals surface area contributed by atoms with Crippen LogP contribution in [-0.4, -0.2) is 27.8 Å². The molecule has 0 radical (unpaired) electrons. The van der Waals surface area contributed by atoms with Gasteiger partial charge in [0.05, 0.1) is 17.2 Å². The van der Waals surface area contributed by atoms with Crippen molar-refractivity contribution in [3.8, 4) is 0 Å². The number of amides is 2. The largest absolute Gasteiger partial charge is 0.323 e. The number of carbonyl (C=O) groups excluding carboxylic acids is 2. The van der Waals surface area contributed by atoms with Crippen LogP contribution in [0, 0.1) is 12.7 Å². The van der Waals surface area contributed by atoms with Crippen LogP contribution in [0.15, 0.2) is 47.3 Å². The van der Waals surface area contributed by atoms with Crippen LogP contribution in [0.5, 0.6) is 0 Å². The molecule has 2 aliphatic heterocycles. The summed E-state index contributed by atoms with van der Waals surface area (Å²) >= 11 is 0. The van der Waals surface area contributed by atoms with Crippen LogP contribution < -0.4 is 21.1 Å². The summed E-state index contributed by atoms with van der Waals surface area (Å²) in [7, 11) is 0. The summed E-state index contributed by atoms with van der Waals surface area (Å²) in [5.74, 6) is -2.43. The van der Waals surface area contributed by atoms with Crippen LogP contribution >= 0.6 is 0 Å². The Bertz CT molecular complexity index is 1350. The first-order valence-corrected chi connectivity index (χ1v) is 10.7. The highest BCUT2D eigenvalue weighted by atomic mass is 19.1. The predicted molar refractivity (Wildman–Crippen MR) is 122 cm³/mol. The fourth-order valence-corrected chi connectivity index (χ4v) is 4.53. The molecule has 0 aliphatic carbocycles. The predicted octanol–water partition coefficient (Wildman–Crippen LogP) is 3.36. The first-order valence-electron chi connectivity index (χ1n) is 10.7. The van der Waals surface area contributed by atoms with Gasteiger partial charge in [0.25, 0.3) is 5.56 Å². The van der Waals surface area contributed by atoms with E-state index in [1.807, 2.05) is 36.1 Å². The number of H-pyrrole nitrogens is 1. The minimum absolute atomic E-state index is 0.0124. The van der Waals surface area contributed by atoms with Crippen molar-refractivity contribution in [1.82, 2.24) is 9.97 Å². The molecule has 0 unspecified atom stereocenters. The minimum atomic E-state index is -1.09. The monoisotopic (exact) mass is 447 g/mol. The zero-order valence-corrected chi connectivity index (χ0v) is 18.1. The number of aromatic amines is 1. The number of nitrogens with one attached hydrogen (secondary N) is 3. The van der Waals surface area contributed by atoms with Crippen LogP contribution in [0.4, 0.5) is 27.5 Å². The van der Waals surface area contributed by atoms with Gasteiger partial charge >= 0.3 is 0 Å². The zero-order valence-electron chi connectivity index (χ0n) is 18.1. The maximum atomic E-state index is 14.2. The lowest BCUT2D eigenvalue weighted by molar-refractivity contribution is -0.123. The van der Waals surface area contributed by atoms with Crippen LogP contribution in [0.3, 0.4) is 0 Å². The topological polar surface area (TPSA) is 107 Å². The molecule has 2 aliphatic rings. The van der Waals surface area contributed by atoms with Crippen molar-refractivity contribution in [2.24, 2.45) is 0 Å². The van der Waals surface area contributed by atoms with E-state index in [9.17, 15) is 18.8 Å². The van der Waals surface area contributed by atoms with Crippen LogP contribution in [0.25, 0.3) is 0 Å². The van der Waals surface area contributed by atoms with Crippen LogP contribution in [0.1, 0.15) is 36.0 Å². The fourth-order valence-electron chi connectivity index (χ4n) is 4.53. The summed E-state index contributed by atoms with van der Waals surface area (Å²) < 4.78 is 14.2. The van der Waals surface area contributed by atoms with Crippen molar-refractivity contribution >= 4 is 35.0 Å². The molecule has 5 rings (SSSR count). The summed E-state index contributed by atoms with van der Waals surface area (Å²) in [4.78, 5) is 47.7. The molecular weight excluding hydrogens is 425 g/mol. The quantitative estimate of drug-likeness (QED) is 0.571. The lowest BCUT2D eigenvalue weighted by Gasteiger charge is -2.27. The normalized spacial score (nSPS) is 19.0. The highest BCUT2D eigenvalue weighted by molar-refractivity contribution is 6.04. The van der Waals surface area contributed by atoms with Gasteiger partial charge in [-0.15, -0.1) is 0 Å². The first-order chi connectivity index (χ1) is 15.8. The maximum Gasteiger partial charge on any atom is 0.258 e. The summed E-state index contributed by atoms with van der Waals surface area (Å²) in [6, 6.07) is 12.3. The van der Waals surface area contributed by atoms with Crippen molar-refractivity contribution < 1.29 is 14.0 Å². The number of rotatable bonds is 3. The van der Waals surface area contributed by atoms with Crippen molar-refractivity contribution in [1.29, 1.82) is 0 Å². The van der Waals surface area contributed by atoms with E-state index in [0.717, 1.165) is 17.7 Å². The van der Waals surface area contributed by atoms with E-state index in [2.05, 4.69) is 20.6 Å². The lowest BCUT2D eigenvalue weighted by Crippen LogP contribution is -2.38. The van der Waals surface area contributed by atoms with Gasteiger partial charge in [-0.05, 0) is 49.6 Å². The number of aromatic nitrogens is 2. The second kappa shape index (κ2) is 7.84. The number of aryl methyl sites for hydroxylation is 1. The van der Waals surface area contributed by atoms with Crippen molar-refractivity contribution in [3.63, 3.8) is 0 Å². The molecule has 3 aromatic rings. The molecule has 33 heavy (non-hydrogen) atoms. The van der Waals surface area contributed by atoms with Gasteiger partial charge in [-0.1, -0.05) is 24.3 Å². The average Bonchev–Trinajstić information content (AvgIpc) is 3.10.